The van der Waals surface area contributed by atoms with Crippen molar-refractivity contribution in [3.8, 4) is 0 Å². The molecular weight excluding hydrogens is 534 g/mol. The van der Waals surface area contributed by atoms with Crippen LogP contribution in [-0.4, -0.2) is 89.7 Å². The minimum absolute atomic E-state index is 0.0550. The molecular formula is C30H39N9O3. The third-order valence-electron chi connectivity index (χ3n) is 8.62. The molecule has 5 N–H and O–H groups in total. The molecule has 2 heterocycles. The van der Waals surface area contributed by atoms with Gasteiger partial charge in [-0.25, -0.2) is 0 Å². The van der Waals surface area contributed by atoms with Gasteiger partial charge in [-0.3, -0.25) is 14.4 Å². The van der Waals surface area contributed by atoms with E-state index < -0.39 is 5.41 Å². The zero-order chi connectivity index (χ0) is 29.9. The van der Waals surface area contributed by atoms with Gasteiger partial charge >= 0.3 is 0 Å². The van der Waals surface area contributed by atoms with Crippen molar-refractivity contribution >= 4 is 17.7 Å². The number of nitrogens with zero attached hydrogens (tertiary/aromatic N) is 4. The lowest BCUT2D eigenvalue weighted by molar-refractivity contribution is -0.131. The molecule has 1 saturated heterocycles. The number of carbonyl (C=O) groups is 3. The maximum atomic E-state index is 13.1. The monoisotopic (exact) mass is 573 g/mol. The molecule has 1 aromatic heterocycles. The maximum absolute atomic E-state index is 13.1. The van der Waals surface area contributed by atoms with Crippen LogP contribution in [0.15, 0.2) is 36.4 Å². The minimum atomic E-state index is -0.868. The fraction of sp³-hybridized carbons (Fsp3) is 0.467. The number of aromatic amines is 1. The summed E-state index contributed by atoms with van der Waals surface area (Å²) >= 11 is 0. The molecule has 0 spiro atoms. The Hall–Kier alpha value is -4.16. The van der Waals surface area contributed by atoms with Gasteiger partial charge in [0, 0.05) is 37.8 Å². The molecule has 2 atom stereocenters. The summed E-state index contributed by atoms with van der Waals surface area (Å²) in [4.78, 5) is 40.2. The van der Waals surface area contributed by atoms with E-state index in [1.165, 1.54) is 0 Å². The van der Waals surface area contributed by atoms with Crippen LogP contribution in [0.5, 0.6) is 0 Å². The van der Waals surface area contributed by atoms with E-state index in [-0.39, 0.29) is 36.5 Å². The predicted octanol–water partition coefficient (Wildman–Crippen LogP) is 0.888. The first-order valence-corrected chi connectivity index (χ1v) is 14.5. The number of amides is 3. The lowest BCUT2D eigenvalue weighted by Gasteiger charge is -2.36. The van der Waals surface area contributed by atoms with Crippen LogP contribution in [0.4, 0.5) is 0 Å². The molecule has 2 aliphatic rings. The Labute approximate surface area is 245 Å². The summed E-state index contributed by atoms with van der Waals surface area (Å²) in [6.45, 7) is 3.00. The molecule has 3 aromatic rings. The molecule has 42 heavy (non-hydrogen) atoms. The van der Waals surface area contributed by atoms with Crippen LogP contribution < -0.4 is 21.3 Å². The van der Waals surface area contributed by atoms with E-state index in [1.807, 2.05) is 48.3 Å². The highest BCUT2D eigenvalue weighted by Gasteiger charge is 2.45. The Bertz CT molecular complexity index is 1390. The van der Waals surface area contributed by atoms with Gasteiger partial charge in [0.1, 0.15) is 0 Å². The third kappa shape index (κ3) is 5.39. The Balaban J connectivity index is 1.59. The zero-order valence-electron chi connectivity index (χ0n) is 24.6. The third-order valence-corrected chi connectivity index (χ3v) is 8.62. The molecule has 3 amide bonds. The van der Waals surface area contributed by atoms with E-state index in [9.17, 15) is 14.4 Å². The first kappa shape index (κ1) is 29.3. The Kier molecular flexibility index (Phi) is 8.64. The van der Waals surface area contributed by atoms with Gasteiger partial charge in [0.05, 0.1) is 18.1 Å². The van der Waals surface area contributed by atoms with Crippen molar-refractivity contribution in [2.24, 2.45) is 0 Å². The van der Waals surface area contributed by atoms with Gasteiger partial charge in [-0.15, -0.1) is 10.2 Å². The second-order valence-electron chi connectivity index (χ2n) is 11.1. The molecule has 5 rings (SSSR count). The first-order valence-electron chi connectivity index (χ1n) is 14.5. The molecule has 2 aromatic carbocycles. The summed E-state index contributed by atoms with van der Waals surface area (Å²) in [6.07, 6.45) is 3.81. The van der Waals surface area contributed by atoms with Crippen LogP contribution in [0.3, 0.4) is 0 Å². The van der Waals surface area contributed by atoms with E-state index in [1.54, 1.807) is 14.1 Å². The Morgan fingerprint density at radius 2 is 1.62 bits per heavy atom. The molecule has 0 radical (unpaired) electrons. The van der Waals surface area contributed by atoms with Gasteiger partial charge in [0.2, 0.25) is 5.91 Å². The summed E-state index contributed by atoms with van der Waals surface area (Å²) in [5.41, 5.74) is 4.20. The second-order valence-corrected chi connectivity index (χ2v) is 11.1. The van der Waals surface area contributed by atoms with E-state index in [0.29, 0.717) is 36.2 Å². The molecule has 0 saturated carbocycles. The fourth-order valence-corrected chi connectivity index (χ4v) is 6.57. The number of aryl methyl sites for hydroxylation is 2. The van der Waals surface area contributed by atoms with Crippen LogP contribution in [0.2, 0.25) is 0 Å². The number of benzene rings is 2. The SMILES string of the molecule is CNC(=O)c1ccc2c(c1)CCc1cc(C(=O)NC)ccc1C2(C[C@H](C)NCC(=O)N1CCC[C@H]1NC)c1nn[nH]n1. The number of likely N-dealkylation sites (tertiary alicyclic amines) is 1. The lowest BCUT2D eigenvalue weighted by Crippen LogP contribution is -2.48. The van der Waals surface area contributed by atoms with Crippen molar-refractivity contribution in [1.82, 2.24) is 46.8 Å². The molecule has 0 bridgehead atoms. The van der Waals surface area contributed by atoms with E-state index >= 15 is 0 Å². The van der Waals surface area contributed by atoms with Crippen molar-refractivity contribution in [1.29, 1.82) is 0 Å². The van der Waals surface area contributed by atoms with Gasteiger partial charge in [-0.2, -0.15) is 5.21 Å². The van der Waals surface area contributed by atoms with Crippen molar-refractivity contribution in [3.05, 3.63) is 75.6 Å². The normalized spacial score (nSPS) is 18.0. The molecule has 1 aliphatic heterocycles. The summed E-state index contributed by atoms with van der Waals surface area (Å²) in [6, 6.07) is 11.3. The van der Waals surface area contributed by atoms with Crippen molar-refractivity contribution in [2.45, 2.75) is 56.7 Å². The van der Waals surface area contributed by atoms with Crippen LogP contribution >= 0.6 is 0 Å². The number of fused-ring (bicyclic) bond motifs is 2. The number of H-pyrrole nitrogens is 1. The van der Waals surface area contributed by atoms with Gasteiger partial charge < -0.3 is 26.2 Å². The van der Waals surface area contributed by atoms with Crippen LogP contribution in [0.25, 0.3) is 0 Å². The number of hydrogen-bond acceptors (Lipinski definition) is 8. The zero-order valence-corrected chi connectivity index (χ0v) is 24.6. The summed E-state index contributed by atoms with van der Waals surface area (Å²) in [5.74, 6) is 0.213. The highest BCUT2D eigenvalue weighted by molar-refractivity contribution is 5.95. The molecule has 0 unspecified atom stereocenters. The largest absolute Gasteiger partial charge is 0.355 e. The number of hydrogen-bond donors (Lipinski definition) is 5. The highest BCUT2D eigenvalue weighted by Crippen LogP contribution is 2.47. The first-order chi connectivity index (χ1) is 20.3. The quantitative estimate of drug-likeness (QED) is 0.253. The number of aromatic nitrogens is 4. The standard InChI is InChI=1S/C30H39N9O3/c1-18(34-17-26(40)39-13-5-6-25(39)31-2)16-30(29-35-37-38-36-29)23-11-9-21(27(41)32-3)14-19(23)7-8-20-15-22(28(42)33-4)10-12-24(20)30/h9-12,14-15,18,25,31,34H,5-8,13,16-17H2,1-4H3,(H,32,41)(H,33,42)(H,35,36,37,38)/t18-,25-/m0/s1. The second kappa shape index (κ2) is 12.4. The number of nitrogens with one attached hydrogen (secondary N) is 5. The van der Waals surface area contributed by atoms with Crippen molar-refractivity contribution in [3.63, 3.8) is 0 Å². The topological polar surface area (TPSA) is 157 Å². The molecule has 12 heteroatoms. The van der Waals surface area contributed by atoms with Crippen molar-refractivity contribution in [2.75, 3.05) is 34.2 Å². The number of tetrazole rings is 1. The Morgan fingerprint density at radius 3 is 2.14 bits per heavy atom. The molecule has 1 aliphatic carbocycles. The average molecular weight is 574 g/mol. The Morgan fingerprint density at radius 1 is 1.00 bits per heavy atom. The molecule has 12 nitrogen and oxygen atoms in total. The summed E-state index contributed by atoms with van der Waals surface area (Å²) < 4.78 is 0. The smallest absolute Gasteiger partial charge is 0.251 e. The summed E-state index contributed by atoms with van der Waals surface area (Å²) in [7, 11) is 5.11. The van der Waals surface area contributed by atoms with Gasteiger partial charge in [0.25, 0.3) is 11.8 Å². The predicted molar refractivity (Wildman–Crippen MR) is 157 cm³/mol. The summed E-state index contributed by atoms with van der Waals surface area (Å²) in [5, 5.41) is 27.7. The van der Waals surface area contributed by atoms with Crippen LogP contribution in [0.1, 0.15) is 75.0 Å². The van der Waals surface area contributed by atoms with E-state index in [0.717, 1.165) is 41.6 Å². The van der Waals surface area contributed by atoms with Crippen LogP contribution in [-0.2, 0) is 23.1 Å². The number of rotatable bonds is 9. The van der Waals surface area contributed by atoms with E-state index in [2.05, 4.69) is 48.8 Å². The number of carbonyl (C=O) groups excluding carboxylic acids is 3. The minimum Gasteiger partial charge on any atom is -0.355 e. The molecule has 222 valence electrons. The fourth-order valence-electron chi connectivity index (χ4n) is 6.57. The maximum Gasteiger partial charge on any atom is 0.251 e. The van der Waals surface area contributed by atoms with E-state index in [4.69, 9.17) is 0 Å². The van der Waals surface area contributed by atoms with Crippen molar-refractivity contribution < 1.29 is 14.4 Å². The lowest BCUT2D eigenvalue weighted by atomic mass is 9.67. The van der Waals surface area contributed by atoms with Gasteiger partial charge in [0.15, 0.2) is 5.82 Å². The average Bonchev–Trinajstić information content (AvgIpc) is 3.71. The van der Waals surface area contributed by atoms with Crippen LogP contribution in [0, 0.1) is 0 Å². The highest BCUT2D eigenvalue weighted by atomic mass is 16.2. The van der Waals surface area contributed by atoms with Gasteiger partial charge in [-0.1, -0.05) is 17.3 Å². The molecule has 1 fully saturated rings. The van der Waals surface area contributed by atoms with Gasteiger partial charge in [-0.05, 0) is 92.6 Å².